The molecule has 0 aliphatic heterocycles. The third-order valence-electron chi connectivity index (χ3n) is 5.98. The summed E-state index contributed by atoms with van der Waals surface area (Å²) in [6.07, 6.45) is 0. The molecule has 170 valence electrons. The van der Waals surface area contributed by atoms with Gasteiger partial charge in [0, 0.05) is 62.5 Å². The van der Waals surface area contributed by atoms with Gasteiger partial charge in [-0.15, -0.1) is 0 Å². The summed E-state index contributed by atoms with van der Waals surface area (Å²) in [7, 11) is 7.83. The maximum atomic E-state index is 12.9. The summed E-state index contributed by atoms with van der Waals surface area (Å²) in [4.78, 5) is 29.1. The first kappa shape index (κ1) is 21.5. The Labute approximate surface area is 196 Å². The second-order valence-corrected chi connectivity index (χ2v) is 8.70. The summed E-state index contributed by atoms with van der Waals surface area (Å²) in [5.41, 5.74) is 4.95. The molecule has 3 aromatic carbocycles. The van der Waals surface area contributed by atoms with Crippen LogP contribution < -0.4 is 21.1 Å². The Bertz CT molecular complexity index is 1640. The monoisotopic (exact) mass is 452 g/mol. The second-order valence-electron chi connectivity index (χ2n) is 8.70. The van der Waals surface area contributed by atoms with Crippen molar-refractivity contribution < 1.29 is 8.83 Å². The van der Waals surface area contributed by atoms with Gasteiger partial charge in [0.25, 0.3) is 0 Å². The number of hydrogen-bond donors (Lipinski definition) is 0. The fourth-order valence-corrected chi connectivity index (χ4v) is 4.09. The molecular formula is C28H24N2O4. The van der Waals surface area contributed by atoms with Crippen molar-refractivity contribution in [1.29, 1.82) is 0 Å². The molecule has 6 nitrogen and oxygen atoms in total. The molecule has 0 N–H and O–H groups in total. The normalized spacial score (nSPS) is 11.2. The molecule has 0 saturated heterocycles. The first-order valence-corrected chi connectivity index (χ1v) is 10.9. The lowest BCUT2D eigenvalue weighted by molar-refractivity contribution is 0.561. The molecule has 0 unspecified atom stereocenters. The Balaban J connectivity index is 1.68. The highest BCUT2D eigenvalue weighted by atomic mass is 16.4. The van der Waals surface area contributed by atoms with Crippen LogP contribution in [-0.4, -0.2) is 28.2 Å². The smallest absolute Gasteiger partial charge is 0.344 e. The molecular weight excluding hydrogens is 428 g/mol. The van der Waals surface area contributed by atoms with E-state index in [1.165, 1.54) is 6.07 Å². The molecule has 0 aliphatic rings. The van der Waals surface area contributed by atoms with Crippen LogP contribution in [0.3, 0.4) is 0 Å². The van der Waals surface area contributed by atoms with Gasteiger partial charge in [0.2, 0.25) is 0 Å². The fourth-order valence-electron chi connectivity index (χ4n) is 4.09. The lowest BCUT2D eigenvalue weighted by atomic mass is 9.98. The number of fused-ring (bicyclic) bond motifs is 2. The van der Waals surface area contributed by atoms with Crippen LogP contribution in [0.1, 0.15) is 0 Å². The predicted octanol–water partition coefficient (Wildman–Crippen LogP) is 5.37. The SMILES string of the molecule is CN(C)c1ccc(-c2cc(=O)oc3ccc(-c4cc5ccc(N(C)C)cc5oc4=O)cc23)cc1. The quantitative estimate of drug-likeness (QED) is 0.342. The van der Waals surface area contributed by atoms with Crippen LogP contribution in [0.5, 0.6) is 0 Å². The van der Waals surface area contributed by atoms with Crippen LogP contribution in [0.15, 0.2) is 91.2 Å². The number of nitrogens with zero attached hydrogens (tertiary/aromatic N) is 2. The predicted molar refractivity (Wildman–Crippen MR) is 138 cm³/mol. The van der Waals surface area contributed by atoms with Gasteiger partial charge >= 0.3 is 11.3 Å². The second kappa shape index (κ2) is 8.23. The lowest BCUT2D eigenvalue weighted by Crippen LogP contribution is -2.09. The Kier molecular flexibility index (Phi) is 5.21. The van der Waals surface area contributed by atoms with E-state index in [-0.39, 0.29) is 0 Å². The van der Waals surface area contributed by atoms with E-state index in [1.54, 1.807) is 12.1 Å². The van der Waals surface area contributed by atoms with Gasteiger partial charge in [-0.2, -0.15) is 0 Å². The first-order valence-electron chi connectivity index (χ1n) is 10.9. The van der Waals surface area contributed by atoms with E-state index >= 15 is 0 Å². The van der Waals surface area contributed by atoms with Crippen molar-refractivity contribution in [3.63, 3.8) is 0 Å². The zero-order valence-corrected chi connectivity index (χ0v) is 19.5. The molecule has 0 aliphatic carbocycles. The van der Waals surface area contributed by atoms with E-state index in [0.717, 1.165) is 33.3 Å². The molecule has 2 aromatic heterocycles. The van der Waals surface area contributed by atoms with Gasteiger partial charge in [0.05, 0.1) is 5.56 Å². The topological polar surface area (TPSA) is 66.9 Å². The molecule has 5 rings (SSSR count). The fraction of sp³-hybridized carbons (Fsp3) is 0.143. The Morgan fingerprint density at radius 2 is 1.26 bits per heavy atom. The van der Waals surface area contributed by atoms with Crippen molar-refractivity contribution in [3.8, 4) is 22.3 Å². The van der Waals surface area contributed by atoms with E-state index in [1.807, 2.05) is 92.6 Å². The van der Waals surface area contributed by atoms with Crippen LogP contribution in [0.4, 0.5) is 11.4 Å². The molecule has 34 heavy (non-hydrogen) atoms. The Morgan fingerprint density at radius 1 is 0.588 bits per heavy atom. The van der Waals surface area contributed by atoms with Crippen molar-refractivity contribution in [2.45, 2.75) is 0 Å². The van der Waals surface area contributed by atoms with Crippen LogP contribution in [0, 0.1) is 0 Å². The molecule has 0 radical (unpaired) electrons. The largest absolute Gasteiger partial charge is 0.423 e. The molecule has 5 aromatic rings. The van der Waals surface area contributed by atoms with E-state index < -0.39 is 11.3 Å². The number of benzene rings is 3. The van der Waals surface area contributed by atoms with E-state index in [9.17, 15) is 9.59 Å². The molecule has 0 spiro atoms. The van der Waals surface area contributed by atoms with Crippen molar-refractivity contribution in [2.24, 2.45) is 0 Å². The van der Waals surface area contributed by atoms with Gasteiger partial charge in [-0.05, 0) is 59.2 Å². The highest BCUT2D eigenvalue weighted by Gasteiger charge is 2.13. The Hall–Kier alpha value is -4.32. The van der Waals surface area contributed by atoms with Crippen molar-refractivity contribution in [2.75, 3.05) is 38.0 Å². The zero-order chi connectivity index (χ0) is 24.0. The van der Waals surface area contributed by atoms with Gasteiger partial charge in [-0.25, -0.2) is 9.59 Å². The van der Waals surface area contributed by atoms with Gasteiger partial charge < -0.3 is 18.6 Å². The van der Waals surface area contributed by atoms with E-state index in [2.05, 4.69) is 0 Å². The average molecular weight is 453 g/mol. The van der Waals surface area contributed by atoms with E-state index in [4.69, 9.17) is 8.83 Å². The first-order chi connectivity index (χ1) is 16.3. The maximum absolute atomic E-state index is 12.9. The highest BCUT2D eigenvalue weighted by Crippen LogP contribution is 2.32. The minimum absolute atomic E-state index is 0.419. The molecule has 0 fully saturated rings. The maximum Gasteiger partial charge on any atom is 0.344 e. The number of anilines is 2. The zero-order valence-electron chi connectivity index (χ0n) is 19.5. The number of hydrogen-bond acceptors (Lipinski definition) is 6. The summed E-state index contributed by atoms with van der Waals surface area (Å²) in [5.74, 6) is 0. The molecule has 6 heteroatoms. The minimum Gasteiger partial charge on any atom is -0.423 e. The molecule has 2 heterocycles. The summed E-state index contributed by atoms with van der Waals surface area (Å²) in [6.45, 7) is 0. The summed E-state index contributed by atoms with van der Waals surface area (Å²) < 4.78 is 11.1. The summed E-state index contributed by atoms with van der Waals surface area (Å²) >= 11 is 0. The molecule has 0 amide bonds. The average Bonchev–Trinajstić information content (AvgIpc) is 2.82. The number of rotatable bonds is 4. The standard InChI is InChI=1S/C28H24N2O4/c1-29(2)20-9-5-17(6-10-20)22-16-27(31)33-25-12-8-18(13-24(22)25)23-14-19-7-11-21(30(3)4)15-26(19)34-28(23)32/h5-16H,1-4H3. The molecule has 0 saturated carbocycles. The van der Waals surface area contributed by atoms with Crippen molar-refractivity contribution in [3.05, 3.63) is 93.6 Å². The van der Waals surface area contributed by atoms with Crippen LogP contribution >= 0.6 is 0 Å². The van der Waals surface area contributed by atoms with Crippen LogP contribution in [0.2, 0.25) is 0 Å². The third kappa shape index (κ3) is 3.83. The van der Waals surface area contributed by atoms with Gasteiger partial charge in [0.15, 0.2) is 0 Å². The van der Waals surface area contributed by atoms with Gasteiger partial charge in [-0.3, -0.25) is 0 Å². The third-order valence-corrected chi connectivity index (χ3v) is 5.98. The minimum atomic E-state index is -0.422. The van der Waals surface area contributed by atoms with Crippen LogP contribution in [-0.2, 0) is 0 Å². The molecule has 0 bridgehead atoms. The van der Waals surface area contributed by atoms with Crippen LogP contribution in [0.25, 0.3) is 44.2 Å². The van der Waals surface area contributed by atoms with E-state index in [0.29, 0.717) is 22.3 Å². The van der Waals surface area contributed by atoms with Gasteiger partial charge in [0.1, 0.15) is 11.2 Å². The van der Waals surface area contributed by atoms with Crippen molar-refractivity contribution >= 4 is 33.3 Å². The molecule has 0 atom stereocenters. The lowest BCUT2D eigenvalue weighted by Gasteiger charge is -2.14. The Morgan fingerprint density at radius 3 is 1.97 bits per heavy atom. The summed E-state index contributed by atoms with van der Waals surface area (Å²) in [6, 6.07) is 22.4. The van der Waals surface area contributed by atoms with Gasteiger partial charge in [-0.1, -0.05) is 18.2 Å². The van der Waals surface area contributed by atoms with Crippen molar-refractivity contribution in [1.82, 2.24) is 0 Å². The highest BCUT2D eigenvalue weighted by molar-refractivity contribution is 5.96. The summed E-state index contributed by atoms with van der Waals surface area (Å²) in [5, 5.41) is 1.58.